The summed E-state index contributed by atoms with van der Waals surface area (Å²) in [4.78, 5) is 14.9. The molecule has 0 aliphatic carbocycles. The molecule has 1 aliphatic rings. The minimum Gasteiger partial charge on any atom is -0.497 e. The first-order valence-electron chi connectivity index (χ1n) is 10.2. The highest BCUT2D eigenvalue weighted by atomic mass is 32.1. The van der Waals surface area contributed by atoms with Crippen LogP contribution in [0, 0.1) is 0 Å². The third kappa shape index (κ3) is 5.06. The molecule has 1 fully saturated rings. The first-order chi connectivity index (χ1) is 14.7. The lowest BCUT2D eigenvalue weighted by atomic mass is 10.0. The first-order valence-corrected chi connectivity index (χ1v) is 11.2. The second-order valence-corrected chi connectivity index (χ2v) is 8.13. The highest BCUT2D eigenvalue weighted by Crippen LogP contribution is 2.27. The minimum absolute atomic E-state index is 0.0163. The summed E-state index contributed by atoms with van der Waals surface area (Å²) in [5, 5.41) is 15.1. The Morgan fingerprint density at radius 3 is 2.93 bits per heavy atom. The molecule has 0 spiro atoms. The summed E-state index contributed by atoms with van der Waals surface area (Å²) < 4.78 is 11.0. The van der Waals surface area contributed by atoms with Gasteiger partial charge in [-0.2, -0.15) is 11.3 Å². The van der Waals surface area contributed by atoms with Gasteiger partial charge in [-0.15, -0.1) is 10.2 Å². The maximum atomic E-state index is 12.5. The number of carbonyl (C=O) groups is 1. The van der Waals surface area contributed by atoms with Gasteiger partial charge in [0.25, 0.3) is 0 Å². The molecule has 0 radical (unpaired) electrons. The molecule has 7 nitrogen and oxygen atoms in total. The SMILES string of the molecule is COc1cccc(C(CNC(=O)CCc2nnc(-c3ccsc3)o2)N2CCCC2)c1. The van der Waals surface area contributed by atoms with E-state index in [1.165, 1.54) is 12.8 Å². The molecule has 1 atom stereocenters. The normalized spacial score (nSPS) is 15.2. The third-order valence-electron chi connectivity index (χ3n) is 5.35. The van der Waals surface area contributed by atoms with Crippen LogP contribution in [-0.2, 0) is 11.2 Å². The standard InChI is InChI=1S/C22H26N4O3S/c1-28-18-6-4-5-16(13-18)19(26-10-2-3-11-26)14-23-20(27)7-8-21-24-25-22(29-21)17-9-12-30-15-17/h4-6,9,12-13,15,19H,2-3,7-8,10-11,14H2,1H3,(H,23,27). The van der Waals surface area contributed by atoms with Gasteiger partial charge in [-0.25, -0.2) is 0 Å². The Balaban J connectivity index is 1.33. The lowest BCUT2D eigenvalue weighted by Gasteiger charge is -2.28. The molecule has 30 heavy (non-hydrogen) atoms. The number of methoxy groups -OCH3 is 1. The number of thiophene rings is 1. The fourth-order valence-electron chi connectivity index (χ4n) is 3.74. The van der Waals surface area contributed by atoms with Gasteiger partial charge >= 0.3 is 0 Å². The molecule has 8 heteroatoms. The highest BCUT2D eigenvalue weighted by molar-refractivity contribution is 7.08. The molecular formula is C22H26N4O3S. The zero-order valence-corrected chi connectivity index (χ0v) is 17.9. The van der Waals surface area contributed by atoms with Crippen molar-refractivity contribution < 1.29 is 13.9 Å². The first kappa shape index (κ1) is 20.6. The Morgan fingerprint density at radius 1 is 1.30 bits per heavy atom. The maximum absolute atomic E-state index is 12.5. The average molecular weight is 427 g/mol. The number of carbonyl (C=O) groups excluding carboxylic acids is 1. The van der Waals surface area contributed by atoms with Gasteiger partial charge < -0.3 is 14.5 Å². The van der Waals surface area contributed by atoms with E-state index in [0.717, 1.165) is 30.0 Å². The number of aromatic nitrogens is 2. The van der Waals surface area contributed by atoms with E-state index in [1.54, 1.807) is 18.4 Å². The Bertz CT molecular complexity index is 951. The van der Waals surface area contributed by atoms with Gasteiger partial charge in [0.05, 0.1) is 13.2 Å². The van der Waals surface area contributed by atoms with E-state index in [2.05, 4.69) is 32.5 Å². The lowest BCUT2D eigenvalue weighted by molar-refractivity contribution is -0.121. The van der Waals surface area contributed by atoms with Crippen LogP contribution in [0.3, 0.4) is 0 Å². The maximum Gasteiger partial charge on any atom is 0.248 e. The molecule has 1 N–H and O–H groups in total. The van der Waals surface area contributed by atoms with Crippen LogP contribution >= 0.6 is 11.3 Å². The van der Waals surface area contributed by atoms with Gasteiger partial charge in [0.15, 0.2) is 0 Å². The number of amides is 1. The molecule has 0 bridgehead atoms. The van der Waals surface area contributed by atoms with Gasteiger partial charge in [0, 0.05) is 30.3 Å². The summed E-state index contributed by atoms with van der Waals surface area (Å²) in [5.74, 6) is 1.80. The fourth-order valence-corrected chi connectivity index (χ4v) is 4.37. The second-order valence-electron chi connectivity index (χ2n) is 7.35. The highest BCUT2D eigenvalue weighted by Gasteiger charge is 2.24. The number of hydrogen-bond donors (Lipinski definition) is 1. The molecule has 1 unspecified atom stereocenters. The van der Waals surface area contributed by atoms with E-state index in [0.29, 0.717) is 31.2 Å². The van der Waals surface area contributed by atoms with Crippen LogP contribution in [0.5, 0.6) is 5.75 Å². The number of nitrogens with zero attached hydrogens (tertiary/aromatic N) is 3. The van der Waals surface area contributed by atoms with Crippen molar-refractivity contribution in [1.82, 2.24) is 20.4 Å². The number of hydrogen-bond acceptors (Lipinski definition) is 7. The van der Waals surface area contributed by atoms with E-state index in [1.807, 2.05) is 29.0 Å². The molecule has 3 heterocycles. The monoisotopic (exact) mass is 426 g/mol. The quantitative estimate of drug-likeness (QED) is 0.562. The largest absolute Gasteiger partial charge is 0.497 e. The van der Waals surface area contributed by atoms with Crippen LogP contribution in [0.25, 0.3) is 11.5 Å². The zero-order chi connectivity index (χ0) is 20.8. The fraction of sp³-hybridized carbons (Fsp3) is 0.409. The van der Waals surface area contributed by atoms with Crippen LogP contribution < -0.4 is 10.1 Å². The third-order valence-corrected chi connectivity index (χ3v) is 6.04. The van der Waals surface area contributed by atoms with Crippen LogP contribution in [0.2, 0.25) is 0 Å². The predicted molar refractivity (Wildman–Crippen MR) is 115 cm³/mol. The Kier molecular flexibility index (Phi) is 6.76. The molecule has 158 valence electrons. The van der Waals surface area contributed by atoms with Crippen molar-refractivity contribution >= 4 is 17.2 Å². The van der Waals surface area contributed by atoms with Crippen molar-refractivity contribution in [2.45, 2.75) is 31.7 Å². The molecule has 3 aromatic rings. The molecule has 1 saturated heterocycles. The van der Waals surface area contributed by atoms with Gasteiger partial charge in [0.2, 0.25) is 17.7 Å². The lowest BCUT2D eigenvalue weighted by Crippen LogP contribution is -2.36. The Hall–Kier alpha value is -2.71. The van der Waals surface area contributed by atoms with Crippen LogP contribution in [0.1, 0.15) is 36.8 Å². The molecular weight excluding hydrogens is 400 g/mol. The molecule has 1 amide bonds. The number of rotatable bonds is 9. The predicted octanol–water partition coefficient (Wildman–Crippen LogP) is 3.69. The van der Waals surface area contributed by atoms with E-state index in [4.69, 9.17) is 9.15 Å². The molecule has 0 saturated carbocycles. The summed E-state index contributed by atoms with van der Waals surface area (Å²) in [6.07, 6.45) is 3.13. The summed E-state index contributed by atoms with van der Waals surface area (Å²) >= 11 is 1.58. The summed E-state index contributed by atoms with van der Waals surface area (Å²) in [6, 6.07) is 10.2. The van der Waals surface area contributed by atoms with Crippen LogP contribution in [0.15, 0.2) is 45.5 Å². The van der Waals surface area contributed by atoms with E-state index in [9.17, 15) is 4.79 Å². The van der Waals surface area contributed by atoms with Crippen molar-refractivity contribution in [2.75, 3.05) is 26.7 Å². The van der Waals surface area contributed by atoms with E-state index >= 15 is 0 Å². The van der Waals surface area contributed by atoms with Crippen LogP contribution in [0.4, 0.5) is 0 Å². The van der Waals surface area contributed by atoms with Crippen molar-refractivity contribution in [3.8, 4) is 17.2 Å². The number of aryl methyl sites for hydroxylation is 1. The number of benzene rings is 1. The van der Waals surface area contributed by atoms with E-state index in [-0.39, 0.29) is 11.9 Å². The Morgan fingerprint density at radius 2 is 2.17 bits per heavy atom. The molecule has 2 aromatic heterocycles. The smallest absolute Gasteiger partial charge is 0.248 e. The van der Waals surface area contributed by atoms with Crippen LogP contribution in [-0.4, -0.2) is 47.7 Å². The number of ether oxygens (including phenoxy) is 1. The van der Waals surface area contributed by atoms with Crippen molar-refractivity contribution in [2.24, 2.45) is 0 Å². The van der Waals surface area contributed by atoms with Crippen molar-refractivity contribution in [1.29, 1.82) is 0 Å². The van der Waals surface area contributed by atoms with E-state index < -0.39 is 0 Å². The second kappa shape index (κ2) is 9.86. The van der Waals surface area contributed by atoms with Gasteiger partial charge in [-0.1, -0.05) is 12.1 Å². The average Bonchev–Trinajstić information content (AvgIpc) is 3.55. The molecule has 1 aliphatic heterocycles. The van der Waals surface area contributed by atoms with Gasteiger partial charge in [0.1, 0.15) is 5.75 Å². The minimum atomic E-state index is -0.0163. The summed E-state index contributed by atoms with van der Waals surface area (Å²) in [5.41, 5.74) is 2.07. The summed E-state index contributed by atoms with van der Waals surface area (Å²) in [7, 11) is 1.67. The number of likely N-dealkylation sites (tertiary alicyclic amines) is 1. The van der Waals surface area contributed by atoms with Gasteiger partial charge in [-0.05, 0) is 55.1 Å². The zero-order valence-electron chi connectivity index (χ0n) is 17.0. The molecule has 1 aromatic carbocycles. The molecule has 4 rings (SSSR count). The van der Waals surface area contributed by atoms with Gasteiger partial charge in [-0.3, -0.25) is 9.69 Å². The number of nitrogens with one attached hydrogen (secondary N) is 1. The van der Waals surface area contributed by atoms with Crippen molar-refractivity contribution in [3.05, 3.63) is 52.5 Å². The topological polar surface area (TPSA) is 80.5 Å². The summed E-state index contributed by atoms with van der Waals surface area (Å²) in [6.45, 7) is 2.66. The Labute approximate surface area is 180 Å². The van der Waals surface area contributed by atoms with Crippen molar-refractivity contribution in [3.63, 3.8) is 0 Å².